The molecule has 0 bridgehead atoms. The Labute approximate surface area is 130 Å². The summed E-state index contributed by atoms with van der Waals surface area (Å²) in [5, 5.41) is 14.1. The first-order valence-corrected chi connectivity index (χ1v) is 7.59. The van der Waals surface area contributed by atoms with Crippen molar-refractivity contribution in [1.82, 2.24) is 4.98 Å². The molecule has 2 aromatic rings. The first-order chi connectivity index (χ1) is 10.1. The lowest BCUT2D eigenvalue weighted by atomic mass is 9.88. The predicted molar refractivity (Wildman–Crippen MR) is 84.3 cm³/mol. The summed E-state index contributed by atoms with van der Waals surface area (Å²) in [5.41, 5.74) is 2.63. The second kappa shape index (κ2) is 5.81. The molecule has 21 heavy (non-hydrogen) atoms. The van der Waals surface area contributed by atoms with E-state index in [9.17, 15) is 10.1 Å². The number of nitrogens with zero attached hydrogens (tertiary/aromatic N) is 2. The van der Waals surface area contributed by atoms with Crippen LogP contribution in [0.25, 0.3) is 0 Å². The number of anilines is 1. The van der Waals surface area contributed by atoms with Gasteiger partial charge in [-0.15, -0.1) is 0 Å². The molecular weight excluding hydrogens is 334 g/mol. The molecule has 1 aliphatic carbocycles. The first kappa shape index (κ1) is 14.0. The van der Waals surface area contributed by atoms with E-state index in [0.717, 1.165) is 19.3 Å². The van der Waals surface area contributed by atoms with Crippen molar-refractivity contribution < 1.29 is 4.92 Å². The molecule has 0 fully saturated rings. The topological polar surface area (TPSA) is 68.1 Å². The van der Waals surface area contributed by atoms with Crippen molar-refractivity contribution in [2.75, 3.05) is 5.32 Å². The molecule has 5 nitrogen and oxygen atoms in total. The lowest BCUT2D eigenvalue weighted by molar-refractivity contribution is -0.385. The fraction of sp³-hybridized carbons (Fsp3) is 0.267. The number of halogens is 1. The van der Waals surface area contributed by atoms with E-state index < -0.39 is 4.92 Å². The highest BCUT2D eigenvalue weighted by Gasteiger charge is 2.21. The van der Waals surface area contributed by atoms with Crippen LogP contribution in [0, 0.1) is 10.1 Å². The monoisotopic (exact) mass is 347 g/mol. The third-order valence-corrected chi connectivity index (χ3v) is 4.32. The molecule has 1 atom stereocenters. The number of hydrogen-bond acceptors (Lipinski definition) is 4. The highest BCUT2D eigenvalue weighted by molar-refractivity contribution is 9.10. The summed E-state index contributed by atoms with van der Waals surface area (Å²) < 4.78 is 0.611. The van der Waals surface area contributed by atoms with Gasteiger partial charge in [-0.1, -0.05) is 24.3 Å². The van der Waals surface area contributed by atoms with E-state index in [2.05, 4.69) is 44.4 Å². The molecule has 0 amide bonds. The first-order valence-electron chi connectivity index (χ1n) is 6.79. The average molecular weight is 348 g/mol. The van der Waals surface area contributed by atoms with Gasteiger partial charge in [-0.25, -0.2) is 4.98 Å². The number of nitrogens with one attached hydrogen (secondary N) is 1. The van der Waals surface area contributed by atoms with Crippen LogP contribution in [0.2, 0.25) is 0 Å². The molecule has 1 aliphatic rings. The predicted octanol–water partition coefficient (Wildman–Crippen LogP) is 4.24. The highest BCUT2D eigenvalue weighted by atomic mass is 79.9. The van der Waals surface area contributed by atoms with Crippen LogP contribution in [0.1, 0.15) is 30.0 Å². The van der Waals surface area contributed by atoms with Gasteiger partial charge in [0.15, 0.2) is 0 Å². The lowest BCUT2D eigenvalue weighted by Crippen LogP contribution is -2.18. The molecular formula is C15H14BrN3O2. The Balaban J connectivity index is 1.86. The third kappa shape index (κ3) is 2.90. The molecule has 1 heterocycles. The van der Waals surface area contributed by atoms with Crippen LogP contribution in [-0.4, -0.2) is 9.91 Å². The minimum atomic E-state index is -0.447. The van der Waals surface area contributed by atoms with Crippen molar-refractivity contribution in [3.63, 3.8) is 0 Å². The van der Waals surface area contributed by atoms with Crippen LogP contribution in [0.5, 0.6) is 0 Å². The number of nitro groups is 1. The van der Waals surface area contributed by atoms with E-state index in [1.165, 1.54) is 23.4 Å². The number of fused-ring (bicyclic) bond motifs is 1. The van der Waals surface area contributed by atoms with Crippen LogP contribution in [0.4, 0.5) is 11.5 Å². The molecule has 108 valence electrons. The van der Waals surface area contributed by atoms with Gasteiger partial charge >= 0.3 is 0 Å². The molecule has 1 N–H and O–H groups in total. The molecule has 0 saturated heterocycles. The smallest absolute Gasteiger partial charge is 0.288 e. The van der Waals surface area contributed by atoms with E-state index in [1.807, 2.05) is 6.07 Å². The van der Waals surface area contributed by atoms with E-state index >= 15 is 0 Å². The number of benzene rings is 1. The van der Waals surface area contributed by atoms with Gasteiger partial charge < -0.3 is 5.32 Å². The molecule has 0 saturated carbocycles. The van der Waals surface area contributed by atoms with Gasteiger partial charge in [-0.2, -0.15) is 0 Å². The van der Waals surface area contributed by atoms with Gasteiger partial charge in [0.2, 0.25) is 0 Å². The summed E-state index contributed by atoms with van der Waals surface area (Å²) in [6, 6.07) is 10.1. The number of hydrogen-bond donors (Lipinski definition) is 1. The Morgan fingerprint density at radius 3 is 2.95 bits per heavy atom. The minimum absolute atomic E-state index is 0.0172. The van der Waals surface area contributed by atoms with Crippen molar-refractivity contribution in [3.8, 4) is 0 Å². The molecule has 0 aliphatic heterocycles. The van der Waals surface area contributed by atoms with Crippen molar-refractivity contribution in [2.24, 2.45) is 0 Å². The Hall–Kier alpha value is -1.95. The molecule has 6 heteroatoms. The SMILES string of the molecule is O=[N+]([O-])c1cnc(N[C@H]2CCCc3ccccc32)c(Br)c1. The molecule has 0 spiro atoms. The van der Waals surface area contributed by atoms with Gasteiger partial charge in [0.05, 0.1) is 15.4 Å². The van der Waals surface area contributed by atoms with Crippen LogP contribution in [0.3, 0.4) is 0 Å². The Kier molecular flexibility index (Phi) is 3.88. The Bertz CT molecular complexity index is 690. The molecule has 0 unspecified atom stereocenters. The van der Waals surface area contributed by atoms with Crippen molar-refractivity contribution in [3.05, 3.63) is 62.2 Å². The maximum absolute atomic E-state index is 10.7. The summed E-state index contributed by atoms with van der Waals surface area (Å²) >= 11 is 3.35. The summed E-state index contributed by atoms with van der Waals surface area (Å²) in [6.07, 6.45) is 4.53. The summed E-state index contributed by atoms with van der Waals surface area (Å²) in [5.74, 6) is 0.641. The molecule has 3 rings (SSSR count). The van der Waals surface area contributed by atoms with Crippen molar-refractivity contribution in [2.45, 2.75) is 25.3 Å². The number of rotatable bonds is 3. The zero-order chi connectivity index (χ0) is 14.8. The molecule has 0 radical (unpaired) electrons. The Morgan fingerprint density at radius 2 is 2.19 bits per heavy atom. The third-order valence-electron chi connectivity index (χ3n) is 3.72. The van der Waals surface area contributed by atoms with Gasteiger partial charge in [0, 0.05) is 6.07 Å². The van der Waals surface area contributed by atoms with Gasteiger partial charge in [-0.05, 0) is 46.3 Å². The van der Waals surface area contributed by atoms with E-state index in [0.29, 0.717) is 10.3 Å². The standard InChI is InChI=1S/C15H14BrN3O2/c16-13-8-11(19(20)21)9-17-15(13)18-14-7-3-5-10-4-1-2-6-12(10)14/h1-2,4,6,8-9,14H,3,5,7H2,(H,17,18)/t14-/m0/s1. The molecule has 1 aromatic heterocycles. The normalized spacial score (nSPS) is 17.1. The maximum atomic E-state index is 10.7. The largest absolute Gasteiger partial charge is 0.362 e. The van der Waals surface area contributed by atoms with Crippen LogP contribution in [0.15, 0.2) is 41.0 Å². The minimum Gasteiger partial charge on any atom is -0.362 e. The fourth-order valence-corrected chi connectivity index (χ4v) is 3.15. The van der Waals surface area contributed by atoms with Crippen molar-refractivity contribution in [1.29, 1.82) is 0 Å². The van der Waals surface area contributed by atoms with Gasteiger partial charge in [0.1, 0.15) is 12.0 Å². The maximum Gasteiger partial charge on any atom is 0.288 e. The molecule has 1 aromatic carbocycles. The van der Waals surface area contributed by atoms with E-state index in [-0.39, 0.29) is 11.7 Å². The van der Waals surface area contributed by atoms with Gasteiger partial charge in [-0.3, -0.25) is 10.1 Å². The number of aromatic nitrogens is 1. The second-order valence-corrected chi connectivity index (χ2v) is 5.92. The summed E-state index contributed by atoms with van der Waals surface area (Å²) in [7, 11) is 0. The summed E-state index contributed by atoms with van der Waals surface area (Å²) in [6.45, 7) is 0. The van der Waals surface area contributed by atoms with E-state index in [1.54, 1.807) is 0 Å². The van der Waals surface area contributed by atoms with Crippen LogP contribution >= 0.6 is 15.9 Å². The zero-order valence-corrected chi connectivity index (χ0v) is 12.8. The average Bonchev–Trinajstić information content (AvgIpc) is 2.49. The lowest BCUT2D eigenvalue weighted by Gasteiger charge is -2.27. The zero-order valence-electron chi connectivity index (χ0n) is 11.3. The Morgan fingerprint density at radius 1 is 1.38 bits per heavy atom. The summed E-state index contributed by atoms with van der Waals surface area (Å²) in [4.78, 5) is 14.5. The number of aryl methyl sites for hydroxylation is 1. The van der Waals surface area contributed by atoms with Crippen molar-refractivity contribution >= 4 is 27.4 Å². The van der Waals surface area contributed by atoms with Crippen LogP contribution in [-0.2, 0) is 6.42 Å². The number of pyridine rings is 1. The fourth-order valence-electron chi connectivity index (χ4n) is 2.70. The van der Waals surface area contributed by atoms with Crippen LogP contribution < -0.4 is 5.32 Å². The quantitative estimate of drug-likeness (QED) is 0.665. The second-order valence-electron chi connectivity index (χ2n) is 5.07. The highest BCUT2D eigenvalue weighted by Crippen LogP contribution is 2.34. The van der Waals surface area contributed by atoms with E-state index in [4.69, 9.17) is 0 Å². The van der Waals surface area contributed by atoms with Gasteiger partial charge in [0.25, 0.3) is 5.69 Å².